The number of nitrogens with one attached hydrogen (secondary N) is 1. The zero-order valence-corrected chi connectivity index (χ0v) is 14.7. The minimum absolute atomic E-state index is 0.0205. The van der Waals surface area contributed by atoms with E-state index in [1.807, 2.05) is 32.0 Å². The van der Waals surface area contributed by atoms with E-state index in [0.29, 0.717) is 30.5 Å². The van der Waals surface area contributed by atoms with E-state index in [9.17, 15) is 9.59 Å². The zero-order chi connectivity index (χ0) is 18.0. The van der Waals surface area contributed by atoms with Crippen LogP contribution >= 0.6 is 0 Å². The van der Waals surface area contributed by atoms with Crippen molar-refractivity contribution < 1.29 is 14.1 Å². The van der Waals surface area contributed by atoms with Crippen LogP contribution in [-0.4, -0.2) is 39.9 Å². The SMILES string of the molecule is Cc1ccc(NC(=O)C(=O)N2CCC[C@H](c3nc(C)no3)C2)c(C)c1. The summed E-state index contributed by atoms with van der Waals surface area (Å²) < 4.78 is 5.22. The summed E-state index contributed by atoms with van der Waals surface area (Å²) in [5, 5.41) is 6.51. The summed E-state index contributed by atoms with van der Waals surface area (Å²) in [5.74, 6) is -0.0566. The minimum atomic E-state index is -0.616. The van der Waals surface area contributed by atoms with Gasteiger partial charge in [-0.2, -0.15) is 4.98 Å². The Morgan fingerprint density at radius 1 is 1.28 bits per heavy atom. The second kappa shape index (κ2) is 7.04. The fourth-order valence-corrected chi connectivity index (χ4v) is 3.12. The van der Waals surface area contributed by atoms with E-state index in [0.717, 1.165) is 24.0 Å². The van der Waals surface area contributed by atoms with Crippen LogP contribution in [-0.2, 0) is 9.59 Å². The molecule has 1 aliphatic rings. The van der Waals surface area contributed by atoms with Gasteiger partial charge in [0.25, 0.3) is 0 Å². The number of aryl methyl sites for hydroxylation is 3. The van der Waals surface area contributed by atoms with Crippen LogP contribution in [0, 0.1) is 20.8 Å². The Labute approximate surface area is 146 Å². The van der Waals surface area contributed by atoms with Crippen molar-refractivity contribution in [3.63, 3.8) is 0 Å². The zero-order valence-electron chi connectivity index (χ0n) is 14.7. The van der Waals surface area contributed by atoms with Crippen molar-refractivity contribution in [3.8, 4) is 0 Å². The molecule has 25 heavy (non-hydrogen) atoms. The Morgan fingerprint density at radius 2 is 2.08 bits per heavy atom. The molecule has 1 N–H and O–H groups in total. The first-order chi connectivity index (χ1) is 11.9. The molecule has 0 spiro atoms. The summed E-state index contributed by atoms with van der Waals surface area (Å²) in [5.41, 5.74) is 2.69. The number of hydrogen-bond donors (Lipinski definition) is 1. The average Bonchev–Trinajstić information content (AvgIpc) is 3.03. The van der Waals surface area contributed by atoms with Crippen LogP contribution in [0.15, 0.2) is 22.7 Å². The van der Waals surface area contributed by atoms with Crippen LogP contribution in [0.2, 0.25) is 0 Å². The number of benzene rings is 1. The van der Waals surface area contributed by atoms with Gasteiger partial charge in [-0.1, -0.05) is 22.9 Å². The van der Waals surface area contributed by atoms with E-state index in [1.54, 1.807) is 11.8 Å². The fraction of sp³-hybridized carbons (Fsp3) is 0.444. The molecule has 1 aromatic heterocycles. The fourth-order valence-electron chi connectivity index (χ4n) is 3.12. The van der Waals surface area contributed by atoms with Gasteiger partial charge in [0.05, 0.1) is 5.92 Å². The van der Waals surface area contributed by atoms with E-state index < -0.39 is 11.8 Å². The third-order valence-corrected chi connectivity index (χ3v) is 4.43. The number of anilines is 1. The predicted octanol–water partition coefficient (Wildman–Crippen LogP) is 2.34. The van der Waals surface area contributed by atoms with Crippen molar-refractivity contribution >= 4 is 17.5 Å². The molecule has 132 valence electrons. The molecule has 1 aliphatic heterocycles. The highest BCUT2D eigenvalue weighted by Gasteiger charge is 2.31. The molecule has 2 aromatic rings. The van der Waals surface area contributed by atoms with Gasteiger partial charge in [0.1, 0.15) is 0 Å². The largest absolute Gasteiger partial charge is 0.339 e. The predicted molar refractivity (Wildman–Crippen MR) is 92.1 cm³/mol. The van der Waals surface area contributed by atoms with Gasteiger partial charge in [-0.3, -0.25) is 9.59 Å². The number of hydrogen-bond acceptors (Lipinski definition) is 5. The third-order valence-electron chi connectivity index (χ3n) is 4.43. The van der Waals surface area contributed by atoms with Crippen LogP contribution in [0.3, 0.4) is 0 Å². The molecule has 2 heterocycles. The van der Waals surface area contributed by atoms with E-state index in [4.69, 9.17) is 4.52 Å². The lowest BCUT2D eigenvalue weighted by atomic mass is 9.98. The van der Waals surface area contributed by atoms with Gasteiger partial charge in [-0.15, -0.1) is 0 Å². The highest BCUT2D eigenvalue weighted by atomic mass is 16.5. The summed E-state index contributed by atoms with van der Waals surface area (Å²) in [6, 6.07) is 5.69. The molecule has 0 bridgehead atoms. The number of carbonyl (C=O) groups excluding carboxylic acids is 2. The van der Waals surface area contributed by atoms with Crippen LogP contribution in [0.25, 0.3) is 0 Å². The lowest BCUT2D eigenvalue weighted by Crippen LogP contribution is -2.44. The summed E-state index contributed by atoms with van der Waals surface area (Å²) in [4.78, 5) is 30.7. The van der Waals surface area contributed by atoms with Gasteiger partial charge in [-0.05, 0) is 45.2 Å². The Morgan fingerprint density at radius 3 is 2.76 bits per heavy atom. The van der Waals surface area contributed by atoms with Gasteiger partial charge in [0, 0.05) is 18.8 Å². The summed E-state index contributed by atoms with van der Waals surface area (Å²) >= 11 is 0. The van der Waals surface area contributed by atoms with Crippen LogP contribution < -0.4 is 5.32 Å². The third kappa shape index (κ3) is 3.87. The average molecular weight is 342 g/mol. The smallest absolute Gasteiger partial charge is 0.313 e. The number of nitrogens with zero attached hydrogens (tertiary/aromatic N) is 3. The number of likely N-dealkylation sites (tertiary alicyclic amines) is 1. The molecule has 1 fully saturated rings. The summed E-state index contributed by atoms with van der Waals surface area (Å²) in [6.07, 6.45) is 1.67. The van der Waals surface area contributed by atoms with Crippen molar-refractivity contribution in [2.75, 3.05) is 18.4 Å². The highest BCUT2D eigenvalue weighted by molar-refractivity contribution is 6.39. The second-order valence-electron chi connectivity index (χ2n) is 6.54. The lowest BCUT2D eigenvalue weighted by Gasteiger charge is -2.30. The van der Waals surface area contributed by atoms with E-state index in [1.165, 1.54) is 0 Å². The van der Waals surface area contributed by atoms with E-state index in [2.05, 4.69) is 15.5 Å². The molecule has 3 rings (SSSR count). The summed E-state index contributed by atoms with van der Waals surface area (Å²) in [6.45, 7) is 6.62. The molecule has 2 amide bonds. The molecular formula is C18H22N4O3. The molecule has 0 aliphatic carbocycles. The van der Waals surface area contributed by atoms with Crippen molar-refractivity contribution in [3.05, 3.63) is 41.0 Å². The lowest BCUT2D eigenvalue weighted by molar-refractivity contribution is -0.144. The van der Waals surface area contributed by atoms with Crippen LogP contribution in [0.4, 0.5) is 5.69 Å². The van der Waals surface area contributed by atoms with Gasteiger partial charge in [-0.25, -0.2) is 0 Å². The number of amides is 2. The Bertz CT molecular complexity index is 799. The maximum atomic E-state index is 12.5. The van der Waals surface area contributed by atoms with Gasteiger partial charge in [0.15, 0.2) is 5.82 Å². The standard InChI is InChI=1S/C18H22N4O3/c1-11-6-7-15(12(2)9-11)20-16(23)18(24)22-8-4-5-14(10-22)17-19-13(3)21-25-17/h6-7,9,14H,4-5,8,10H2,1-3H3,(H,20,23)/t14-/m0/s1. The topological polar surface area (TPSA) is 88.3 Å². The first kappa shape index (κ1) is 17.1. The molecule has 0 radical (unpaired) electrons. The molecule has 7 heteroatoms. The van der Waals surface area contributed by atoms with Gasteiger partial charge in [0.2, 0.25) is 5.89 Å². The quantitative estimate of drug-likeness (QED) is 0.846. The number of piperidine rings is 1. The number of carbonyl (C=O) groups is 2. The molecule has 1 aromatic carbocycles. The molecule has 7 nitrogen and oxygen atoms in total. The Hall–Kier alpha value is -2.70. The number of aromatic nitrogens is 2. The van der Waals surface area contributed by atoms with E-state index >= 15 is 0 Å². The second-order valence-corrected chi connectivity index (χ2v) is 6.54. The summed E-state index contributed by atoms with van der Waals surface area (Å²) in [7, 11) is 0. The minimum Gasteiger partial charge on any atom is -0.339 e. The van der Waals surface area contributed by atoms with Crippen molar-refractivity contribution in [1.29, 1.82) is 0 Å². The maximum Gasteiger partial charge on any atom is 0.313 e. The highest BCUT2D eigenvalue weighted by Crippen LogP contribution is 2.26. The molecule has 0 unspecified atom stereocenters. The molecular weight excluding hydrogens is 320 g/mol. The number of rotatable bonds is 2. The van der Waals surface area contributed by atoms with Gasteiger partial charge < -0.3 is 14.7 Å². The Kier molecular flexibility index (Phi) is 4.83. The Balaban J connectivity index is 1.66. The first-order valence-corrected chi connectivity index (χ1v) is 8.42. The van der Waals surface area contributed by atoms with Crippen molar-refractivity contribution in [2.45, 2.75) is 39.5 Å². The molecule has 1 atom stereocenters. The van der Waals surface area contributed by atoms with Crippen molar-refractivity contribution in [2.24, 2.45) is 0 Å². The normalized spacial score (nSPS) is 17.4. The van der Waals surface area contributed by atoms with Crippen LogP contribution in [0.1, 0.15) is 41.6 Å². The molecule has 0 saturated carbocycles. The first-order valence-electron chi connectivity index (χ1n) is 8.42. The van der Waals surface area contributed by atoms with E-state index in [-0.39, 0.29) is 5.92 Å². The molecule has 1 saturated heterocycles. The van der Waals surface area contributed by atoms with Crippen molar-refractivity contribution in [1.82, 2.24) is 15.0 Å². The monoisotopic (exact) mass is 342 g/mol. The van der Waals surface area contributed by atoms with Crippen LogP contribution in [0.5, 0.6) is 0 Å². The van der Waals surface area contributed by atoms with Gasteiger partial charge >= 0.3 is 11.8 Å². The maximum absolute atomic E-state index is 12.5.